The Balaban J connectivity index is 2.33. The molecule has 0 aliphatic heterocycles. The van der Waals surface area contributed by atoms with Gasteiger partial charge in [0.1, 0.15) is 0 Å². The van der Waals surface area contributed by atoms with E-state index in [2.05, 4.69) is 5.10 Å². The molecule has 2 aromatic rings. The first-order valence-electron chi connectivity index (χ1n) is 4.28. The Morgan fingerprint density at radius 1 is 1.27 bits per heavy atom. The van der Waals surface area contributed by atoms with Gasteiger partial charge in [0.2, 0.25) is 11.7 Å². The molecule has 0 saturated carbocycles. The lowest BCUT2D eigenvalue weighted by Gasteiger charge is -2.06. The summed E-state index contributed by atoms with van der Waals surface area (Å²) in [6.07, 6.45) is 1.51. The number of nitrogens with zero attached hydrogens (tertiary/aromatic N) is 2. The molecule has 0 unspecified atom stereocenters. The van der Waals surface area contributed by atoms with Gasteiger partial charge in [0, 0.05) is 13.1 Å². The van der Waals surface area contributed by atoms with Crippen molar-refractivity contribution >= 4 is 0 Å². The first-order chi connectivity index (χ1) is 7.18. The van der Waals surface area contributed by atoms with Gasteiger partial charge in [-0.25, -0.2) is 9.07 Å². The van der Waals surface area contributed by atoms with E-state index >= 15 is 0 Å². The second-order valence-corrected chi connectivity index (χ2v) is 2.95. The van der Waals surface area contributed by atoms with E-state index < -0.39 is 11.6 Å². The van der Waals surface area contributed by atoms with Crippen molar-refractivity contribution in [1.29, 1.82) is 0 Å². The molecule has 78 valence electrons. The molecule has 2 rings (SSSR count). The van der Waals surface area contributed by atoms with Gasteiger partial charge in [-0.2, -0.15) is 9.49 Å². The molecule has 0 bridgehead atoms. The average molecular weight is 210 g/mol. The van der Waals surface area contributed by atoms with Crippen molar-refractivity contribution in [1.82, 2.24) is 9.78 Å². The molecule has 0 aliphatic carbocycles. The predicted molar refractivity (Wildman–Crippen MR) is 49.6 cm³/mol. The smallest absolute Gasteiger partial charge is 0.217 e. The van der Waals surface area contributed by atoms with Crippen molar-refractivity contribution in [3.8, 4) is 11.6 Å². The van der Waals surface area contributed by atoms with Gasteiger partial charge in [0.25, 0.3) is 0 Å². The Hall–Kier alpha value is -1.91. The molecule has 0 spiro atoms. The Bertz CT molecular complexity index is 482. The van der Waals surface area contributed by atoms with E-state index in [0.717, 1.165) is 6.07 Å². The van der Waals surface area contributed by atoms with Crippen molar-refractivity contribution in [3.05, 3.63) is 42.1 Å². The maximum atomic E-state index is 13.2. The lowest BCUT2D eigenvalue weighted by Crippen LogP contribution is -1.97. The van der Waals surface area contributed by atoms with Crippen molar-refractivity contribution in [2.75, 3.05) is 0 Å². The van der Waals surface area contributed by atoms with Crippen LogP contribution in [0.15, 0.2) is 30.5 Å². The van der Waals surface area contributed by atoms with Crippen LogP contribution in [0.5, 0.6) is 11.6 Å². The topological polar surface area (TPSA) is 27.1 Å². The highest BCUT2D eigenvalue weighted by atomic mass is 19.2. The molecule has 5 heteroatoms. The van der Waals surface area contributed by atoms with Gasteiger partial charge in [0.15, 0.2) is 11.6 Å². The Kier molecular flexibility index (Phi) is 2.37. The quantitative estimate of drug-likeness (QED) is 0.761. The van der Waals surface area contributed by atoms with Crippen molar-refractivity contribution < 1.29 is 13.5 Å². The molecule has 0 N–H and O–H groups in total. The highest BCUT2D eigenvalue weighted by molar-refractivity contribution is 5.29. The van der Waals surface area contributed by atoms with Crippen LogP contribution in [0.4, 0.5) is 8.78 Å². The second kappa shape index (κ2) is 3.68. The Labute approximate surface area is 84.9 Å². The number of rotatable bonds is 2. The lowest BCUT2D eigenvalue weighted by atomic mass is 10.3. The fourth-order valence-corrected chi connectivity index (χ4v) is 1.14. The van der Waals surface area contributed by atoms with Crippen molar-refractivity contribution in [3.63, 3.8) is 0 Å². The second-order valence-electron chi connectivity index (χ2n) is 2.95. The molecule has 3 nitrogen and oxygen atoms in total. The van der Waals surface area contributed by atoms with E-state index in [1.165, 1.54) is 23.0 Å². The molecule has 0 aliphatic rings. The largest absolute Gasteiger partial charge is 0.436 e. The Morgan fingerprint density at radius 3 is 2.73 bits per heavy atom. The summed E-state index contributed by atoms with van der Waals surface area (Å²) in [5, 5.41) is 3.84. The number of halogens is 2. The third-order valence-corrected chi connectivity index (χ3v) is 1.91. The maximum Gasteiger partial charge on any atom is 0.217 e. The molecule has 1 aromatic heterocycles. The van der Waals surface area contributed by atoms with Gasteiger partial charge in [-0.3, -0.25) is 0 Å². The van der Waals surface area contributed by atoms with Gasteiger partial charge in [-0.15, -0.1) is 0 Å². The summed E-state index contributed by atoms with van der Waals surface area (Å²) in [4.78, 5) is 0. The summed E-state index contributed by atoms with van der Waals surface area (Å²) < 4.78 is 32.6. The zero-order valence-electron chi connectivity index (χ0n) is 7.95. The summed E-state index contributed by atoms with van der Waals surface area (Å²) in [5.41, 5.74) is 0. The number of hydrogen-bond donors (Lipinski definition) is 0. The van der Waals surface area contributed by atoms with Crippen LogP contribution in [0.25, 0.3) is 0 Å². The van der Waals surface area contributed by atoms with E-state index in [1.54, 1.807) is 13.1 Å². The van der Waals surface area contributed by atoms with Gasteiger partial charge < -0.3 is 4.74 Å². The van der Waals surface area contributed by atoms with E-state index in [1.807, 2.05) is 0 Å². The van der Waals surface area contributed by atoms with Crippen molar-refractivity contribution in [2.45, 2.75) is 0 Å². The minimum atomic E-state index is -1.00. The molecule has 1 heterocycles. The molecule has 0 fully saturated rings. The van der Waals surface area contributed by atoms with Crippen LogP contribution < -0.4 is 4.74 Å². The summed E-state index contributed by atoms with van der Waals surface area (Å²) in [7, 11) is 1.65. The van der Waals surface area contributed by atoms with E-state index in [-0.39, 0.29) is 5.75 Å². The van der Waals surface area contributed by atoms with Gasteiger partial charge >= 0.3 is 0 Å². The number of hydrogen-bond acceptors (Lipinski definition) is 2. The fraction of sp³-hybridized carbons (Fsp3) is 0.100. The van der Waals surface area contributed by atoms with Gasteiger partial charge in [0.05, 0.1) is 6.20 Å². The van der Waals surface area contributed by atoms with Gasteiger partial charge in [-0.1, -0.05) is 6.07 Å². The summed E-state index contributed by atoms with van der Waals surface area (Å²) >= 11 is 0. The molecule has 0 amide bonds. The van der Waals surface area contributed by atoms with Crippen LogP contribution in [0.2, 0.25) is 0 Å². The first-order valence-corrected chi connectivity index (χ1v) is 4.28. The number of aromatic nitrogens is 2. The van der Waals surface area contributed by atoms with Crippen LogP contribution in [-0.2, 0) is 7.05 Å². The molecule has 0 radical (unpaired) electrons. The molecule has 15 heavy (non-hydrogen) atoms. The standard InChI is InChI=1S/C10H8F2N2O/c1-14-9(5-6-13-14)15-8-4-2-3-7(11)10(8)12/h2-6H,1H3. The maximum absolute atomic E-state index is 13.2. The van der Waals surface area contributed by atoms with Crippen molar-refractivity contribution in [2.24, 2.45) is 7.05 Å². The number of ether oxygens (including phenoxy) is 1. The lowest BCUT2D eigenvalue weighted by molar-refractivity contribution is 0.388. The minimum Gasteiger partial charge on any atom is -0.436 e. The highest BCUT2D eigenvalue weighted by Gasteiger charge is 2.10. The number of aryl methyl sites for hydroxylation is 1. The monoisotopic (exact) mass is 210 g/mol. The third-order valence-electron chi connectivity index (χ3n) is 1.91. The number of benzene rings is 1. The minimum absolute atomic E-state index is 0.154. The predicted octanol–water partition coefficient (Wildman–Crippen LogP) is 2.49. The summed E-state index contributed by atoms with van der Waals surface area (Å²) in [6.45, 7) is 0. The van der Waals surface area contributed by atoms with E-state index in [4.69, 9.17) is 4.74 Å². The van der Waals surface area contributed by atoms with Crippen LogP contribution in [0, 0.1) is 11.6 Å². The molecular formula is C10H8F2N2O. The molecule has 1 aromatic carbocycles. The molecular weight excluding hydrogens is 202 g/mol. The SMILES string of the molecule is Cn1nccc1Oc1cccc(F)c1F. The van der Waals surface area contributed by atoms with Crippen LogP contribution in [0.1, 0.15) is 0 Å². The fourth-order valence-electron chi connectivity index (χ4n) is 1.14. The zero-order chi connectivity index (χ0) is 10.8. The van der Waals surface area contributed by atoms with Crippen LogP contribution in [-0.4, -0.2) is 9.78 Å². The summed E-state index contributed by atoms with van der Waals surface area (Å²) in [5.74, 6) is -1.74. The molecule has 0 atom stereocenters. The normalized spacial score (nSPS) is 10.3. The first kappa shape index (κ1) is 9.64. The molecule has 0 saturated heterocycles. The highest BCUT2D eigenvalue weighted by Crippen LogP contribution is 2.24. The van der Waals surface area contributed by atoms with E-state index in [9.17, 15) is 8.78 Å². The van der Waals surface area contributed by atoms with E-state index in [0.29, 0.717) is 5.88 Å². The average Bonchev–Trinajstić information content (AvgIpc) is 2.60. The van der Waals surface area contributed by atoms with Crippen LogP contribution in [0.3, 0.4) is 0 Å². The van der Waals surface area contributed by atoms with Crippen LogP contribution >= 0.6 is 0 Å². The zero-order valence-corrected chi connectivity index (χ0v) is 7.95. The van der Waals surface area contributed by atoms with Gasteiger partial charge in [-0.05, 0) is 12.1 Å². The summed E-state index contributed by atoms with van der Waals surface area (Å²) in [6, 6.07) is 5.32. The third kappa shape index (κ3) is 1.81. The Morgan fingerprint density at radius 2 is 2.07 bits per heavy atom.